The maximum atomic E-state index is 12.9. The van der Waals surface area contributed by atoms with Gasteiger partial charge in [0.25, 0.3) is 0 Å². The maximum absolute atomic E-state index is 12.9. The Morgan fingerprint density at radius 2 is 1.82 bits per heavy atom. The van der Waals surface area contributed by atoms with Crippen LogP contribution in [0, 0.1) is 5.41 Å². The first-order chi connectivity index (χ1) is 16.2. The van der Waals surface area contributed by atoms with Crippen molar-refractivity contribution in [2.75, 3.05) is 26.2 Å². The van der Waals surface area contributed by atoms with Crippen LogP contribution in [0.1, 0.15) is 30.0 Å². The van der Waals surface area contributed by atoms with Gasteiger partial charge in [-0.1, -0.05) is 29.3 Å². The fourth-order valence-electron chi connectivity index (χ4n) is 3.70. The average Bonchev–Trinajstić information content (AvgIpc) is 2.78. The van der Waals surface area contributed by atoms with Crippen molar-refractivity contribution < 1.29 is 24.2 Å². The summed E-state index contributed by atoms with van der Waals surface area (Å²) in [6, 6.07) is 10.5. The van der Waals surface area contributed by atoms with Crippen LogP contribution in [0.2, 0.25) is 10.0 Å². The molecular formula is C23H24Cl2N4O5. The number of halogens is 2. The van der Waals surface area contributed by atoms with E-state index in [1.165, 1.54) is 15.9 Å². The molecule has 0 radical (unpaired) electrons. The molecule has 0 aromatic heterocycles. The average molecular weight is 507 g/mol. The molecule has 1 heterocycles. The molecule has 180 valence electrons. The van der Waals surface area contributed by atoms with Gasteiger partial charge in [0.2, 0.25) is 0 Å². The van der Waals surface area contributed by atoms with E-state index in [-0.39, 0.29) is 23.9 Å². The van der Waals surface area contributed by atoms with Crippen LogP contribution in [-0.2, 0) is 14.4 Å². The lowest BCUT2D eigenvalue weighted by Crippen LogP contribution is -2.55. The molecule has 2 aromatic rings. The summed E-state index contributed by atoms with van der Waals surface area (Å²) >= 11 is 12.2. The number of nitrogens with one attached hydrogen (secondary N) is 1. The highest BCUT2D eigenvalue weighted by molar-refractivity contribution is 6.36. The molecule has 9 nitrogen and oxygen atoms in total. The van der Waals surface area contributed by atoms with Gasteiger partial charge in [0.15, 0.2) is 0 Å². The molecular weight excluding hydrogens is 483 g/mol. The van der Waals surface area contributed by atoms with E-state index in [1.807, 2.05) is 0 Å². The third-order valence-corrected chi connectivity index (χ3v) is 5.98. The Morgan fingerprint density at radius 3 is 2.44 bits per heavy atom. The number of ether oxygens (including phenoxy) is 1. The highest BCUT2D eigenvalue weighted by Crippen LogP contribution is 2.33. The number of nitrogens with two attached hydrogens (primary N) is 1. The minimum atomic E-state index is -1.12. The van der Waals surface area contributed by atoms with Crippen LogP contribution in [0.25, 0.3) is 0 Å². The predicted molar refractivity (Wildman–Crippen MR) is 127 cm³/mol. The highest BCUT2D eigenvalue weighted by Gasteiger charge is 2.38. The Morgan fingerprint density at radius 1 is 1.12 bits per heavy atom. The maximum Gasteiger partial charge on any atom is 0.312 e. The minimum Gasteiger partial charge on any atom is -0.494 e. The zero-order valence-electron chi connectivity index (χ0n) is 18.2. The van der Waals surface area contributed by atoms with Gasteiger partial charge in [-0.2, -0.15) is 0 Å². The summed E-state index contributed by atoms with van der Waals surface area (Å²) in [7, 11) is 0. The van der Waals surface area contributed by atoms with Crippen LogP contribution in [0.3, 0.4) is 0 Å². The standard InChI is InChI=1S/C23H24Cl2N4O5/c24-15-4-7-17(18(25)12-15)19(13-20(30)31)29-10-9-28(22(32)23(29)33)8-1-11-34-16-5-2-14(3-6-16)21(26)27/h2-7,12,19H,1,8-11,13H2,(H3,26,27)(H,30,31). The number of piperazine rings is 1. The van der Waals surface area contributed by atoms with Crippen LogP contribution in [0.15, 0.2) is 42.5 Å². The lowest BCUT2D eigenvalue weighted by molar-refractivity contribution is -0.159. The lowest BCUT2D eigenvalue weighted by Gasteiger charge is -2.38. The molecule has 4 N–H and O–H groups in total. The second kappa shape index (κ2) is 11.2. The van der Waals surface area contributed by atoms with Crippen molar-refractivity contribution in [3.63, 3.8) is 0 Å². The Kier molecular flexibility index (Phi) is 8.36. The van der Waals surface area contributed by atoms with E-state index in [4.69, 9.17) is 39.1 Å². The van der Waals surface area contributed by atoms with E-state index in [0.29, 0.717) is 41.5 Å². The molecule has 1 saturated heterocycles. The van der Waals surface area contributed by atoms with E-state index < -0.39 is 30.2 Å². The number of hydrogen-bond acceptors (Lipinski definition) is 5. The van der Waals surface area contributed by atoms with E-state index >= 15 is 0 Å². The summed E-state index contributed by atoms with van der Waals surface area (Å²) in [5.41, 5.74) is 6.44. The van der Waals surface area contributed by atoms with Crippen molar-refractivity contribution in [1.29, 1.82) is 5.41 Å². The van der Waals surface area contributed by atoms with Crippen LogP contribution >= 0.6 is 23.2 Å². The fraction of sp³-hybridized carbons (Fsp3) is 0.304. The summed E-state index contributed by atoms with van der Waals surface area (Å²) in [5, 5.41) is 17.4. The van der Waals surface area contributed by atoms with Gasteiger partial charge in [0.05, 0.1) is 19.1 Å². The van der Waals surface area contributed by atoms with Gasteiger partial charge < -0.3 is 25.4 Å². The number of carbonyl (C=O) groups excluding carboxylic acids is 2. The third kappa shape index (κ3) is 6.18. The third-order valence-electron chi connectivity index (χ3n) is 5.41. The van der Waals surface area contributed by atoms with Gasteiger partial charge in [-0.25, -0.2) is 0 Å². The number of nitrogen functional groups attached to an aromatic ring is 1. The number of carbonyl (C=O) groups is 3. The fourth-order valence-corrected chi connectivity index (χ4v) is 4.24. The Bertz CT molecular complexity index is 1090. The SMILES string of the molecule is N=C(N)c1ccc(OCCCN2CCN(C(CC(=O)O)c3ccc(Cl)cc3Cl)C(=O)C2=O)cc1. The van der Waals surface area contributed by atoms with Gasteiger partial charge in [0.1, 0.15) is 11.6 Å². The van der Waals surface area contributed by atoms with Gasteiger partial charge in [-0.3, -0.25) is 19.8 Å². The number of benzene rings is 2. The summed E-state index contributed by atoms with van der Waals surface area (Å²) in [4.78, 5) is 39.7. The summed E-state index contributed by atoms with van der Waals surface area (Å²) in [6.45, 7) is 1.08. The minimum absolute atomic E-state index is 0.0298. The summed E-state index contributed by atoms with van der Waals surface area (Å²) in [6.07, 6.45) is 0.103. The number of nitrogens with zero attached hydrogens (tertiary/aromatic N) is 2. The first-order valence-corrected chi connectivity index (χ1v) is 11.3. The number of hydrogen-bond donors (Lipinski definition) is 3. The molecule has 2 amide bonds. The predicted octanol–water partition coefficient (Wildman–Crippen LogP) is 2.93. The molecule has 3 rings (SSSR count). The van der Waals surface area contributed by atoms with E-state index in [1.54, 1.807) is 36.4 Å². The number of carboxylic acids is 1. The number of amides is 2. The zero-order chi connectivity index (χ0) is 24.8. The van der Waals surface area contributed by atoms with E-state index in [2.05, 4.69) is 0 Å². The molecule has 34 heavy (non-hydrogen) atoms. The molecule has 0 bridgehead atoms. The van der Waals surface area contributed by atoms with Crippen molar-refractivity contribution in [2.24, 2.45) is 5.73 Å². The molecule has 11 heteroatoms. The van der Waals surface area contributed by atoms with Crippen molar-refractivity contribution in [3.05, 3.63) is 63.6 Å². The van der Waals surface area contributed by atoms with Gasteiger partial charge in [0, 0.05) is 35.2 Å². The van der Waals surface area contributed by atoms with Crippen LogP contribution in [0.5, 0.6) is 5.75 Å². The summed E-state index contributed by atoms with van der Waals surface area (Å²) in [5.74, 6) is -2.01. The highest BCUT2D eigenvalue weighted by atomic mass is 35.5. The molecule has 0 saturated carbocycles. The normalized spacial score (nSPS) is 14.8. The van der Waals surface area contributed by atoms with Gasteiger partial charge in [-0.15, -0.1) is 0 Å². The van der Waals surface area contributed by atoms with Crippen molar-refractivity contribution in [1.82, 2.24) is 9.80 Å². The second-order valence-electron chi connectivity index (χ2n) is 7.71. The van der Waals surface area contributed by atoms with Crippen LogP contribution < -0.4 is 10.5 Å². The Balaban J connectivity index is 1.59. The molecule has 1 unspecified atom stereocenters. The Labute approximate surface area is 206 Å². The molecule has 0 aliphatic carbocycles. The number of rotatable bonds is 10. The molecule has 0 spiro atoms. The molecule has 1 fully saturated rings. The van der Waals surface area contributed by atoms with Crippen molar-refractivity contribution in [3.8, 4) is 5.75 Å². The van der Waals surface area contributed by atoms with Crippen LogP contribution in [0.4, 0.5) is 0 Å². The van der Waals surface area contributed by atoms with Crippen molar-refractivity contribution >= 4 is 46.8 Å². The van der Waals surface area contributed by atoms with Gasteiger partial charge in [-0.05, 0) is 48.4 Å². The first kappa shape index (κ1) is 25.3. The Hall–Kier alpha value is -3.30. The number of amidine groups is 1. The first-order valence-electron chi connectivity index (χ1n) is 10.5. The molecule has 1 aliphatic rings. The molecule has 2 aromatic carbocycles. The van der Waals surface area contributed by atoms with E-state index in [0.717, 1.165) is 0 Å². The molecule has 1 aliphatic heterocycles. The van der Waals surface area contributed by atoms with E-state index in [9.17, 15) is 19.5 Å². The lowest BCUT2D eigenvalue weighted by atomic mass is 10.0. The monoisotopic (exact) mass is 506 g/mol. The van der Waals surface area contributed by atoms with Crippen LogP contribution in [-0.4, -0.2) is 64.8 Å². The topological polar surface area (TPSA) is 137 Å². The van der Waals surface area contributed by atoms with Gasteiger partial charge >= 0.3 is 17.8 Å². The second-order valence-corrected chi connectivity index (χ2v) is 8.55. The number of carboxylic acid groups (broad SMARTS) is 1. The summed E-state index contributed by atoms with van der Waals surface area (Å²) < 4.78 is 5.64. The largest absolute Gasteiger partial charge is 0.494 e. The molecule has 1 atom stereocenters. The number of aliphatic carboxylic acids is 1. The quantitative estimate of drug-likeness (QED) is 0.196. The van der Waals surface area contributed by atoms with Crippen molar-refractivity contribution in [2.45, 2.75) is 18.9 Å². The zero-order valence-corrected chi connectivity index (χ0v) is 19.7. The smallest absolute Gasteiger partial charge is 0.312 e.